The molecule has 3 aromatic carbocycles. The molecule has 2 nitrogen and oxygen atoms in total. The predicted octanol–water partition coefficient (Wildman–Crippen LogP) is 5.87. The number of hydrogen-bond donors (Lipinski definition) is 0. The summed E-state index contributed by atoms with van der Waals surface area (Å²) in [6.45, 7) is 0. The summed E-state index contributed by atoms with van der Waals surface area (Å²) < 4.78 is 2.59. The van der Waals surface area contributed by atoms with Crippen molar-refractivity contribution in [1.82, 2.24) is 0 Å². The first-order valence-corrected chi connectivity index (χ1v) is 15.5. The van der Waals surface area contributed by atoms with Gasteiger partial charge in [0.05, 0.1) is 0 Å². The summed E-state index contributed by atoms with van der Waals surface area (Å²) in [5.74, 6) is 0. The quantitative estimate of drug-likeness (QED) is 0.372. The number of hydrogen-bond acceptors (Lipinski definition) is 2. The number of halogens is 1. The molecular formula is C27H27ClN2Te. The van der Waals surface area contributed by atoms with E-state index in [0.717, 1.165) is 0 Å². The summed E-state index contributed by atoms with van der Waals surface area (Å²) in [5.41, 5.74) is 7.27. The van der Waals surface area contributed by atoms with Crippen LogP contribution in [-0.2, 0) is 0 Å². The van der Waals surface area contributed by atoms with Crippen molar-refractivity contribution in [2.24, 2.45) is 0 Å². The van der Waals surface area contributed by atoms with Crippen molar-refractivity contribution in [3.63, 3.8) is 0 Å². The van der Waals surface area contributed by atoms with Crippen molar-refractivity contribution in [2.75, 3.05) is 38.0 Å². The van der Waals surface area contributed by atoms with Gasteiger partial charge in [-0.3, -0.25) is 0 Å². The summed E-state index contributed by atoms with van der Waals surface area (Å²) in [6.07, 6.45) is 4.61. The fourth-order valence-electron chi connectivity index (χ4n) is 3.56. The Hall–Kier alpha value is -2.31. The van der Waals surface area contributed by atoms with E-state index in [1.165, 1.54) is 40.8 Å². The van der Waals surface area contributed by atoms with Gasteiger partial charge in [-0.15, -0.1) is 0 Å². The second kappa shape index (κ2) is 9.45. The molecule has 158 valence electrons. The van der Waals surface area contributed by atoms with Crippen LogP contribution in [-0.4, -0.2) is 49.7 Å². The Labute approximate surface area is 195 Å². The van der Waals surface area contributed by atoms with Gasteiger partial charge in [-0.05, 0) is 0 Å². The van der Waals surface area contributed by atoms with Gasteiger partial charge in [0.1, 0.15) is 0 Å². The molecule has 0 saturated carbocycles. The molecule has 0 spiro atoms. The monoisotopic (exact) mass is 544 g/mol. The molecule has 0 aliphatic carbocycles. The van der Waals surface area contributed by atoms with Crippen LogP contribution < -0.4 is 9.80 Å². The van der Waals surface area contributed by atoms with Crippen LogP contribution in [0.25, 0.3) is 9.19 Å². The molecule has 0 bridgehead atoms. The van der Waals surface area contributed by atoms with Crippen LogP contribution in [0.4, 0.5) is 11.4 Å². The molecule has 0 radical (unpaired) electrons. The van der Waals surface area contributed by atoms with E-state index in [0.29, 0.717) is 0 Å². The topological polar surface area (TPSA) is 6.48 Å². The third kappa shape index (κ3) is 4.80. The third-order valence-corrected chi connectivity index (χ3v) is 11.9. The molecule has 0 saturated heterocycles. The molecule has 0 N–H and O–H groups in total. The zero-order valence-electron chi connectivity index (χ0n) is 18.3. The molecule has 4 heteroatoms. The minimum atomic E-state index is -2.24. The van der Waals surface area contributed by atoms with Crippen molar-refractivity contribution >= 4 is 51.0 Å². The van der Waals surface area contributed by atoms with Crippen molar-refractivity contribution in [2.45, 2.75) is 0 Å². The molecule has 0 atom stereocenters. The molecule has 0 fully saturated rings. The maximum atomic E-state index is 7.27. The van der Waals surface area contributed by atoms with E-state index in [9.17, 15) is 0 Å². The average Bonchev–Trinajstić information content (AvgIpc) is 2.80. The Morgan fingerprint density at radius 2 is 1.10 bits per heavy atom. The SMILES string of the molecule is CN(C)c1ccc(C2=CC(c3ccccc3)=CC(c3ccc(N(C)C)cc3)=[Te]2Cl)cc1. The van der Waals surface area contributed by atoms with Crippen LogP contribution in [0.1, 0.15) is 16.7 Å². The molecule has 0 aromatic heterocycles. The van der Waals surface area contributed by atoms with Gasteiger partial charge in [0, 0.05) is 0 Å². The second-order valence-corrected chi connectivity index (χ2v) is 14.0. The average molecular weight is 543 g/mol. The van der Waals surface area contributed by atoms with E-state index in [1.807, 2.05) is 0 Å². The summed E-state index contributed by atoms with van der Waals surface area (Å²) in [6, 6.07) is 28.1. The fraction of sp³-hybridized carbons (Fsp3) is 0.148. The van der Waals surface area contributed by atoms with E-state index < -0.39 is 18.0 Å². The van der Waals surface area contributed by atoms with Crippen LogP contribution >= 0.6 is 8.96 Å². The molecule has 1 aliphatic rings. The first kappa shape index (κ1) is 21.9. The summed E-state index contributed by atoms with van der Waals surface area (Å²) in [7, 11) is 15.5. The molecular weight excluding hydrogens is 515 g/mol. The molecule has 3 aromatic rings. The van der Waals surface area contributed by atoms with Gasteiger partial charge in [0.15, 0.2) is 0 Å². The van der Waals surface area contributed by atoms with Gasteiger partial charge in [0.2, 0.25) is 0 Å². The summed E-state index contributed by atoms with van der Waals surface area (Å²) in [4.78, 5) is 4.24. The number of benzene rings is 3. The normalized spacial score (nSPS) is 14.2. The Bertz CT molecular complexity index is 1160. The van der Waals surface area contributed by atoms with Crippen LogP contribution in [0.3, 0.4) is 0 Å². The van der Waals surface area contributed by atoms with Gasteiger partial charge in [0.25, 0.3) is 0 Å². The maximum absolute atomic E-state index is 7.27. The van der Waals surface area contributed by atoms with Crippen LogP contribution in [0.15, 0.2) is 91.0 Å². The van der Waals surface area contributed by atoms with E-state index >= 15 is 0 Å². The Morgan fingerprint density at radius 3 is 1.61 bits per heavy atom. The fourth-order valence-corrected chi connectivity index (χ4v) is 9.31. The molecule has 0 unspecified atom stereocenters. The Morgan fingerprint density at radius 1 is 0.581 bits per heavy atom. The van der Waals surface area contributed by atoms with Crippen molar-refractivity contribution in [3.8, 4) is 0 Å². The van der Waals surface area contributed by atoms with Crippen LogP contribution in [0.5, 0.6) is 0 Å². The molecule has 0 amide bonds. The number of nitrogens with zero attached hydrogens (tertiary/aromatic N) is 2. The number of rotatable bonds is 5. The minimum absolute atomic E-state index is 1.19. The standard InChI is InChI=1S/C27H27ClN2Te/c1-29(2)24-14-10-21(11-15-24)26-18-23(20-8-6-5-7-9-20)19-27(31(26)28)22-12-16-25(17-13-22)30(3)4/h5-19H,1-4H3. The van der Waals surface area contributed by atoms with Gasteiger partial charge < -0.3 is 0 Å². The number of allylic oxidation sites excluding steroid dienone is 3. The van der Waals surface area contributed by atoms with E-state index in [4.69, 9.17) is 8.96 Å². The zero-order chi connectivity index (χ0) is 22.0. The van der Waals surface area contributed by atoms with Crippen LogP contribution in [0.2, 0.25) is 0 Å². The van der Waals surface area contributed by atoms with Crippen LogP contribution in [0, 0.1) is 0 Å². The summed E-state index contributed by atoms with van der Waals surface area (Å²) >= 11 is -2.24. The van der Waals surface area contributed by atoms with Gasteiger partial charge >= 0.3 is 197 Å². The molecule has 31 heavy (non-hydrogen) atoms. The Kier molecular flexibility index (Phi) is 6.68. The first-order chi connectivity index (χ1) is 14.9. The van der Waals surface area contributed by atoms with E-state index in [-0.39, 0.29) is 0 Å². The zero-order valence-corrected chi connectivity index (χ0v) is 21.4. The predicted molar refractivity (Wildman–Crippen MR) is 140 cm³/mol. The van der Waals surface area contributed by atoms with Gasteiger partial charge in [-0.2, -0.15) is 0 Å². The first-order valence-electron chi connectivity index (χ1n) is 10.3. The van der Waals surface area contributed by atoms with Crippen molar-refractivity contribution in [3.05, 3.63) is 108 Å². The number of anilines is 2. The second-order valence-electron chi connectivity index (χ2n) is 7.98. The van der Waals surface area contributed by atoms with Gasteiger partial charge in [-0.25, -0.2) is 0 Å². The van der Waals surface area contributed by atoms with Crippen molar-refractivity contribution in [1.29, 1.82) is 0 Å². The molecule has 4 rings (SSSR count). The van der Waals surface area contributed by atoms with Gasteiger partial charge in [-0.1, -0.05) is 0 Å². The van der Waals surface area contributed by atoms with Crippen molar-refractivity contribution < 1.29 is 0 Å². The molecule has 1 aliphatic heterocycles. The Balaban J connectivity index is 1.84. The van der Waals surface area contributed by atoms with E-state index in [1.54, 1.807) is 0 Å². The third-order valence-electron chi connectivity index (χ3n) is 5.40. The van der Waals surface area contributed by atoms with E-state index in [2.05, 4.69) is 129 Å². The molecule has 1 heterocycles. The summed E-state index contributed by atoms with van der Waals surface area (Å²) in [5, 5.41) is 0.